The number of nitrogens with zero attached hydrogens (tertiary/aromatic N) is 1. The first-order valence-corrected chi connectivity index (χ1v) is 6.74. The number of esters is 1. The van der Waals surface area contributed by atoms with E-state index in [9.17, 15) is 14.7 Å². The van der Waals surface area contributed by atoms with E-state index in [2.05, 4.69) is 5.32 Å². The summed E-state index contributed by atoms with van der Waals surface area (Å²) in [7, 11) is 1.24. The summed E-state index contributed by atoms with van der Waals surface area (Å²) in [6, 6.07) is -1.24. The SMILES string of the molecule is COC(=O)C1C(O)C2CNCC2N1C(=O)OC(C)(C)C. The lowest BCUT2D eigenvalue weighted by Crippen LogP contribution is -2.51. The van der Waals surface area contributed by atoms with Gasteiger partial charge in [0.2, 0.25) is 0 Å². The summed E-state index contributed by atoms with van der Waals surface area (Å²) in [6.07, 6.45) is -1.53. The van der Waals surface area contributed by atoms with Crippen LogP contribution in [0.15, 0.2) is 0 Å². The average molecular weight is 286 g/mol. The van der Waals surface area contributed by atoms with Crippen molar-refractivity contribution in [3.05, 3.63) is 0 Å². The molecule has 0 aromatic carbocycles. The van der Waals surface area contributed by atoms with E-state index in [1.165, 1.54) is 12.0 Å². The third-order valence-electron chi connectivity index (χ3n) is 3.69. The fourth-order valence-corrected chi connectivity index (χ4v) is 2.88. The largest absolute Gasteiger partial charge is 0.467 e. The summed E-state index contributed by atoms with van der Waals surface area (Å²) in [4.78, 5) is 25.5. The number of carbonyl (C=O) groups excluding carboxylic acids is 2. The summed E-state index contributed by atoms with van der Waals surface area (Å²) < 4.78 is 10.1. The van der Waals surface area contributed by atoms with Gasteiger partial charge >= 0.3 is 12.1 Å². The van der Waals surface area contributed by atoms with Gasteiger partial charge in [-0.2, -0.15) is 0 Å². The van der Waals surface area contributed by atoms with Crippen molar-refractivity contribution >= 4 is 12.1 Å². The maximum atomic E-state index is 12.3. The Morgan fingerprint density at radius 3 is 2.50 bits per heavy atom. The van der Waals surface area contributed by atoms with Crippen LogP contribution in [-0.2, 0) is 14.3 Å². The first-order valence-electron chi connectivity index (χ1n) is 6.74. The molecule has 2 heterocycles. The molecule has 0 saturated carbocycles. The Morgan fingerprint density at radius 2 is 1.95 bits per heavy atom. The van der Waals surface area contributed by atoms with Crippen molar-refractivity contribution < 1.29 is 24.2 Å². The van der Waals surface area contributed by atoms with E-state index >= 15 is 0 Å². The van der Waals surface area contributed by atoms with E-state index in [1.807, 2.05) is 0 Å². The molecule has 0 aromatic rings. The van der Waals surface area contributed by atoms with Gasteiger partial charge in [0.25, 0.3) is 0 Å². The van der Waals surface area contributed by atoms with Gasteiger partial charge in [0.1, 0.15) is 5.60 Å². The number of carbonyl (C=O) groups is 2. The average Bonchev–Trinajstić information content (AvgIpc) is 2.88. The van der Waals surface area contributed by atoms with Crippen molar-refractivity contribution in [1.82, 2.24) is 10.2 Å². The highest BCUT2D eigenvalue weighted by molar-refractivity contribution is 5.83. The Labute approximate surface area is 118 Å². The standard InChI is InChI=1S/C13H22N2O5/c1-13(2,3)20-12(18)15-8-6-14-5-7(8)10(16)9(15)11(17)19-4/h7-10,14,16H,5-6H2,1-4H3. The molecule has 2 N–H and O–H groups in total. The van der Waals surface area contributed by atoms with E-state index in [0.717, 1.165) is 0 Å². The lowest BCUT2D eigenvalue weighted by atomic mass is 9.99. The Hall–Kier alpha value is -1.34. The van der Waals surface area contributed by atoms with Crippen LogP contribution in [0.5, 0.6) is 0 Å². The quantitative estimate of drug-likeness (QED) is 0.645. The van der Waals surface area contributed by atoms with Gasteiger partial charge in [0, 0.05) is 19.0 Å². The maximum Gasteiger partial charge on any atom is 0.411 e. The van der Waals surface area contributed by atoms with Gasteiger partial charge in [-0.1, -0.05) is 0 Å². The molecule has 0 aromatic heterocycles. The third kappa shape index (κ3) is 2.60. The van der Waals surface area contributed by atoms with Crippen molar-refractivity contribution in [3.8, 4) is 0 Å². The summed E-state index contributed by atoms with van der Waals surface area (Å²) >= 11 is 0. The molecule has 2 fully saturated rings. The van der Waals surface area contributed by atoms with Gasteiger partial charge in [-0.15, -0.1) is 0 Å². The van der Waals surface area contributed by atoms with E-state index in [4.69, 9.17) is 9.47 Å². The molecule has 0 spiro atoms. The minimum absolute atomic E-state index is 0.174. The number of methoxy groups -OCH3 is 1. The van der Waals surface area contributed by atoms with Crippen LogP contribution < -0.4 is 5.32 Å². The molecule has 0 aliphatic carbocycles. The summed E-state index contributed by atoms with van der Waals surface area (Å²) in [5.41, 5.74) is -0.660. The fraction of sp³-hybridized carbons (Fsp3) is 0.846. The molecule has 0 bridgehead atoms. The third-order valence-corrected chi connectivity index (χ3v) is 3.69. The van der Waals surface area contributed by atoms with E-state index in [-0.39, 0.29) is 12.0 Å². The second-order valence-corrected chi connectivity index (χ2v) is 6.24. The van der Waals surface area contributed by atoms with Crippen molar-refractivity contribution in [1.29, 1.82) is 0 Å². The second-order valence-electron chi connectivity index (χ2n) is 6.24. The molecule has 0 radical (unpaired) electrons. The molecular formula is C13H22N2O5. The van der Waals surface area contributed by atoms with Crippen molar-refractivity contribution in [2.45, 2.75) is 44.6 Å². The van der Waals surface area contributed by atoms with E-state index in [1.54, 1.807) is 20.8 Å². The van der Waals surface area contributed by atoms with Gasteiger partial charge in [0.05, 0.1) is 19.3 Å². The minimum atomic E-state index is -0.994. The monoisotopic (exact) mass is 286 g/mol. The fourth-order valence-electron chi connectivity index (χ4n) is 2.88. The molecular weight excluding hydrogens is 264 g/mol. The Morgan fingerprint density at radius 1 is 1.30 bits per heavy atom. The van der Waals surface area contributed by atoms with Crippen LogP contribution in [0, 0.1) is 5.92 Å². The second kappa shape index (κ2) is 5.21. The first-order chi connectivity index (χ1) is 9.26. The number of rotatable bonds is 1. The van der Waals surface area contributed by atoms with Crippen LogP contribution >= 0.6 is 0 Å². The summed E-state index contributed by atoms with van der Waals surface area (Å²) in [6.45, 7) is 6.38. The van der Waals surface area contributed by atoms with Crippen LogP contribution in [0.1, 0.15) is 20.8 Å². The number of aliphatic hydroxyl groups excluding tert-OH is 1. The topological polar surface area (TPSA) is 88.1 Å². The zero-order valence-electron chi connectivity index (χ0n) is 12.3. The molecule has 2 aliphatic heterocycles. The van der Waals surface area contributed by atoms with Crippen molar-refractivity contribution in [3.63, 3.8) is 0 Å². The molecule has 4 atom stereocenters. The lowest BCUT2D eigenvalue weighted by molar-refractivity contribution is -0.149. The predicted octanol–water partition coefficient (Wildman–Crippen LogP) is -0.272. The van der Waals surface area contributed by atoms with Gasteiger partial charge < -0.3 is 19.9 Å². The number of fused-ring (bicyclic) bond motifs is 1. The van der Waals surface area contributed by atoms with Gasteiger partial charge in [-0.05, 0) is 20.8 Å². The minimum Gasteiger partial charge on any atom is -0.467 e. The summed E-state index contributed by atoms with van der Waals surface area (Å²) in [5.74, 6) is -0.788. The smallest absolute Gasteiger partial charge is 0.411 e. The van der Waals surface area contributed by atoms with E-state index in [0.29, 0.717) is 13.1 Å². The molecule has 4 unspecified atom stereocenters. The maximum absolute atomic E-state index is 12.3. The predicted molar refractivity (Wildman–Crippen MR) is 70.0 cm³/mol. The van der Waals surface area contributed by atoms with Crippen LogP contribution in [-0.4, -0.2) is 66.1 Å². The van der Waals surface area contributed by atoms with Gasteiger partial charge in [0.15, 0.2) is 6.04 Å². The molecule has 7 nitrogen and oxygen atoms in total. The number of ether oxygens (including phenoxy) is 2. The Balaban J connectivity index is 2.25. The number of aliphatic hydroxyl groups is 1. The Bertz CT molecular complexity index is 406. The van der Waals surface area contributed by atoms with Gasteiger partial charge in [-0.3, -0.25) is 4.90 Å². The molecule has 7 heteroatoms. The van der Waals surface area contributed by atoms with Crippen LogP contribution in [0.2, 0.25) is 0 Å². The molecule has 114 valence electrons. The molecule has 20 heavy (non-hydrogen) atoms. The molecule has 2 aliphatic rings. The highest BCUT2D eigenvalue weighted by Gasteiger charge is 2.56. The van der Waals surface area contributed by atoms with Crippen LogP contribution in [0.25, 0.3) is 0 Å². The first kappa shape index (κ1) is 15.1. The van der Waals surface area contributed by atoms with Crippen molar-refractivity contribution in [2.24, 2.45) is 5.92 Å². The van der Waals surface area contributed by atoms with Crippen molar-refractivity contribution in [2.75, 3.05) is 20.2 Å². The zero-order chi connectivity index (χ0) is 15.1. The highest BCUT2D eigenvalue weighted by Crippen LogP contribution is 2.34. The van der Waals surface area contributed by atoms with Crippen LogP contribution in [0.4, 0.5) is 4.79 Å². The number of likely N-dealkylation sites (tertiary alicyclic amines) is 1. The summed E-state index contributed by atoms with van der Waals surface area (Å²) in [5, 5.41) is 13.4. The zero-order valence-corrected chi connectivity index (χ0v) is 12.3. The normalized spacial score (nSPS) is 33.0. The van der Waals surface area contributed by atoms with Crippen LogP contribution in [0.3, 0.4) is 0 Å². The van der Waals surface area contributed by atoms with E-state index < -0.39 is 29.8 Å². The number of hydrogen-bond donors (Lipinski definition) is 2. The number of hydrogen-bond acceptors (Lipinski definition) is 6. The number of nitrogens with one attached hydrogen (secondary N) is 1. The van der Waals surface area contributed by atoms with Gasteiger partial charge in [-0.25, -0.2) is 9.59 Å². The number of amides is 1. The lowest BCUT2D eigenvalue weighted by Gasteiger charge is -2.31. The Kier molecular flexibility index (Phi) is 3.93. The molecule has 2 saturated heterocycles. The molecule has 1 amide bonds. The highest BCUT2D eigenvalue weighted by atomic mass is 16.6. The molecule has 2 rings (SSSR count).